The molecule has 0 aliphatic heterocycles. The van der Waals surface area contributed by atoms with Gasteiger partial charge in [-0.3, -0.25) is 0 Å². The Bertz CT molecular complexity index is 457. The third kappa shape index (κ3) is 3.65. The third-order valence-corrected chi connectivity index (χ3v) is 5.29. The van der Waals surface area contributed by atoms with E-state index < -0.39 is 20.5 Å². The zero-order valence-electron chi connectivity index (χ0n) is 9.15. The number of hydrogen-bond donors (Lipinski definition) is 0. The summed E-state index contributed by atoms with van der Waals surface area (Å²) in [5, 5.41) is -0.422. The predicted molar refractivity (Wildman–Crippen MR) is 69.1 cm³/mol. The predicted octanol–water partition coefficient (Wildman–Crippen LogP) is 2.92. The van der Waals surface area contributed by atoms with Gasteiger partial charge in [0.15, 0.2) is 9.84 Å². The Hall–Kier alpha value is -0.250. The van der Waals surface area contributed by atoms with Crippen LogP contribution in [0.4, 0.5) is 0 Å². The van der Waals surface area contributed by atoms with Gasteiger partial charge >= 0.3 is 0 Å². The lowest BCUT2D eigenvalue weighted by atomic mass is 10.1. The van der Waals surface area contributed by atoms with Crippen LogP contribution in [0.15, 0.2) is 24.3 Å². The van der Waals surface area contributed by atoms with Crippen LogP contribution in [-0.2, 0) is 16.3 Å². The minimum Gasteiger partial charge on any atom is -0.229 e. The maximum Gasteiger partial charge on any atom is 0.151 e. The molecule has 16 heavy (non-hydrogen) atoms. The number of sulfone groups is 1. The van der Waals surface area contributed by atoms with E-state index in [1.807, 2.05) is 18.2 Å². The molecular weight excluding hydrogens is 267 g/mol. The lowest BCUT2D eigenvalue weighted by molar-refractivity contribution is 0.584. The Morgan fingerprint density at radius 3 is 2.38 bits per heavy atom. The Morgan fingerprint density at radius 1 is 1.31 bits per heavy atom. The van der Waals surface area contributed by atoms with Gasteiger partial charge in [0.25, 0.3) is 0 Å². The van der Waals surface area contributed by atoms with Crippen LogP contribution >= 0.6 is 23.2 Å². The number of hydrogen-bond acceptors (Lipinski definition) is 2. The smallest absolute Gasteiger partial charge is 0.151 e. The van der Waals surface area contributed by atoms with Crippen LogP contribution in [0.2, 0.25) is 5.02 Å². The molecule has 0 N–H and O–H groups in total. The lowest BCUT2D eigenvalue weighted by Crippen LogP contribution is -2.28. The maximum atomic E-state index is 11.3. The average Bonchev–Trinajstić information content (AvgIpc) is 2.19. The number of halogens is 2. The molecule has 0 radical (unpaired) electrons. The van der Waals surface area contributed by atoms with Crippen LogP contribution in [-0.4, -0.2) is 25.3 Å². The van der Waals surface area contributed by atoms with E-state index in [1.165, 1.54) is 6.26 Å². The molecule has 2 atom stereocenters. The molecular formula is C11H14Cl2O2S. The van der Waals surface area contributed by atoms with Crippen molar-refractivity contribution in [1.82, 2.24) is 0 Å². The second kappa shape index (κ2) is 5.39. The Labute approximate surface area is 106 Å². The minimum absolute atomic E-state index is 0.454. The summed E-state index contributed by atoms with van der Waals surface area (Å²) in [5.41, 5.74) is 0.875. The molecule has 90 valence electrons. The molecule has 5 heteroatoms. The van der Waals surface area contributed by atoms with Crippen LogP contribution in [0.5, 0.6) is 0 Å². The van der Waals surface area contributed by atoms with Crippen LogP contribution in [0, 0.1) is 0 Å². The van der Waals surface area contributed by atoms with E-state index in [9.17, 15) is 8.42 Å². The van der Waals surface area contributed by atoms with Crippen molar-refractivity contribution >= 4 is 33.0 Å². The first kappa shape index (κ1) is 13.8. The monoisotopic (exact) mass is 280 g/mol. The van der Waals surface area contributed by atoms with Gasteiger partial charge in [0.2, 0.25) is 0 Å². The van der Waals surface area contributed by atoms with Crippen LogP contribution in [0.25, 0.3) is 0 Å². The van der Waals surface area contributed by atoms with Crippen LogP contribution < -0.4 is 0 Å². The van der Waals surface area contributed by atoms with Crippen molar-refractivity contribution in [1.29, 1.82) is 0 Å². The molecule has 0 aromatic heterocycles. The largest absolute Gasteiger partial charge is 0.229 e. The van der Waals surface area contributed by atoms with Gasteiger partial charge in [-0.25, -0.2) is 8.42 Å². The highest BCUT2D eigenvalue weighted by Crippen LogP contribution is 2.22. The summed E-state index contributed by atoms with van der Waals surface area (Å²) >= 11 is 12.1. The quantitative estimate of drug-likeness (QED) is 0.795. The maximum absolute atomic E-state index is 11.3. The fourth-order valence-corrected chi connectivity index (χ4v) is 2.88. The molecule has 0 saturated carbocycles. The average molecular weight is 281 g/mol. The first-order valence-corrected chi connectivity index (χ1v) is 7.65. The van der Waals surface area contributed by atoms with E-state index in [0.29, 0.717) is 11.4 Å². The Morgan fingerprint density at radius 2 is 1.88 bits per heavy atom. The molecule has 2 unspecified atom stereocenters. The van der Waals surface area contributed by atoms with Gasteiger partial charge in [-0.15, -0.1) is 11.6 Å². The minimum atomic E-state index is -3.11. The second-order valence-electron chi connectivity index (χ2n) is 3.85. The van der Waals surface area contributed by atoms with Gasteiger partial charge in [0, 0.05) is 11.3 Å². The van der Waals surface area contributed by atoms with E-state index in [1.54, 1.807) is 13.0 Å². The van der Waals surface area contributed by atoms with Crippen molar-refractivity contribution in [3.8, 4) is 0 Å². The molecule has 0 aliphatic carbocycles. The summed E-state index contributed by atoms with van der Waals surface area (Å²) in [4.78, 5) is 0. The fraction of sp³-hybridized carbons (Fsp3) is 0.455. The summed E-state index contributed by atoms with van der Waals surface area (Å²) in [6.07, 6.45) is 1.65. The molecule has 0 bridgehead atoms. The fourth-order valence-electron chi connectivity index (χ4n) is 1.31. The standard InChI is InChI=1S/C11H14Cl2O2S/c1-8(16(2,14)15)11(13)7-9-5-3-4-6-10(9)12/h3-6,8,11H,7H2,1-2H3. The first-order valence-electron chi connectivity index (χ1n) is 4.88. The zero-order valence-corrected chi connectivity index (χ0v) is 11.5. The van der Waals surface area contributed by atoms with E-state index in [0.717, 1.165) is 5.56 Å². The summed E-state index contributed by atoms with van der Waals surface area (Å²) in [6, 6.07) is 7.31. The highest BCUT2D eigenvalue weighted by molar-refractivity contribution is 7.91. The SMILES string of the molecule is CC(C(Cl)Cc1ccccc1Cl)S(C)(=O)=O. The van der Waals surface area contributed by atoms with E-state index in [-0.39, 0.29) is 0 Å². The molecule has 0 saturated heterocycles. The van der Waals surface area contributed by atoms with Crippen molar-refractivity contribution in [2.24, 2.45) is 0 Å². The number of alkyl halides is 1. The second-order valence-corrected chi connectivity index (χ2v) is 7.22. The molecule has 0 aliphatic rings. The van der Waals surface area contributed by atoms with Crippen molar-refractivity contribution in [2.45, 2.75) is 24.0 Å². The highest BCUT2D eigenvalue weighted by atomic mass is 35.5. The van der Waals surface area contributed by atoms with Gasteiger partial charge in [-0.2, -0.15) is 0 Å². The number of benzene rings is 1. The highest BCUT2D eigenvalue weighted by Gasteiger charge is 2.24. The van der Waals surface area contributed by atoms with Crippen molar-refractivity contribution in [2.75, 3.05) is 6.26 Å². The van der Waals surface area contributed by atoms with Gasteiger partial charge in [-0.1, -0.05) is 29.8 Å². The van der Waals surface area contributed by atoms with Gasteiger partial charge in [0.05, 0.1) is 10.6 Å². The molecule has 0 spiro atoms. The summed E-state index contributed by atoms with van der Waals surface area (Å²) in [7, 11) is -3.11. The molecule has 0 heterocycles. The molecule has 0 amide bonds. The van der Waals surface area contributed by atoms with E-state index in [4.69, 9.17) is 23.2 Å². The van der Waals surface area contributed by atoms with Gasteiger partial charge < -0.3 is 0 Å². The van der Waals surface area contributed by atoms with E-state index in [2.05, 4.69) is 0 Å². The molecule has 1 aromatic rings. The molecule has 1 rings (SSSR count). The summed E-state index contributed by atoms with van der Waals surface area (Å²) in [6.45, 7) is 1.61. The Kier molecular flexibility index (Phi) is 4.65. The lowest BCUT2D eigenvalue weighted by Gasteiger charge is -2.16. The van der Waals surface area contributed by atoms with E-state index >= 15 is 0 Å². The molecule has 2 nitrogen and oxygen atoms in total. The first-order chi connectivity index (χ1) is 7.32. The molecule has 1 aromatic carbocycles. The normalized spacial score (nSPS) is 15.8. The zero-order chi connectivity index (χ0) is 12.3. The third-order valence-electron chi connectivity index (χ3n) is 2.56. The molecule has 0 fully saturated rings. The van der Waals surface area contributed by atoms with Crippen molar-refractivity contribution in [3.63, 3.8) is 0 Å². The number of rotatable bonds is 4. The summed E-state index contributed by atoms with van der Waals surface area (Å²) < 4.78 is 22.7. The van der Waals surface area contributed by atoms with Gasteiger partial charge in [-0.05, 0) is 25.0 Å². The van der Waals surface area contributed by atoms with Crippen LogP contribution in [0.3, 0.4) is 0 Å². The summed E-state index contributed by atoms with van der Waals surface area (Å²) in [5.74, 6) is 0. The topological polar surface area (TPSA) is 34.1 Å². The Balaban J connectivity index is 2.80. The van der Waals surface area contributed by atoms with Crippen molar-refractivity contribution < 1.29 is 8.42 Å². The van der Waals surface area contributed by atoms with Gasteiger partial charge in [0.1, 0.15) is 0 Å². The van der Waals surface area contributed by atoms with Crippen molar-refractivity contribution in [3.05, 3.63) is 34.9 Å². The van der Waals surface area contributed by atoms with Crippen LogP contribution in [0.1, 0.15) is 12.5 Å².